The molecule has 1 fully saturated rings. The minimum absolute atomic E-state index is 0.235. The number of hydrogen-bond acceptors (Lipinski definition) is 4. The molecule has 1 aromatic carbocycles. The van der Waals surface area contributed by atoms with Gasteiger partial charge in [-0.25, -0.2) is 4.98 Å². The van der Waals surface area contributed by atoms with Crippen LogP contribution < -0.4 is 4.74 Å². The summed E-state index contributed by atoms with van der Waals surface area (Å²) < 4.78 is 5.74. The molecule has 0 bridgehead atoms. The standard InChI is InChI=1S/C19H23ClN2O2S/c1-3-13(2)22(19(23)14-7-8-14)10-16-12-25-18(21-16)11-24-17-6-4-5-15(20)9-17/h4-6,9,12-14H,3,7-8,10-11H2,1-2H3/t13-/m0/s1. The van der Waals surface area contributed by atoms with Crippen LogP contribution in [0.3, 0.4) is 0 Å². The summed E-state index contributed by atoms with van der Waals surface area (Å²) in [5.41, 5.74) is 0.934. The third-order valence-corrected chi connectivity index (χ3v) is 5.53. The quantitative estimate of drug-likeness (QED) is 0.655. The van der Waals surface area contributed by atoms with Crippen LogP contribution in [-0.4, -0.2) is 21.8 Å². The van der Waals surface area contributed by atoms with E-state index in [0.29, 0.717) is 18.2 Å². The minimum Gasteiger partial charge on any atom is -0.486 e. The predicted molar refractivity (Wildman–Crippen MR) is 101 cm³/mol. The minimum atomic E-state index is 0.235. The highest BCUT2D eigenvalue weighted by atomic mass is 35.5. The molecule has 1 amide bonds. The van der Waals surface area contributed by atoms with Crippen molar-refractivity contribution in [3.8, 4) is 5.75 Å². The third kappa shape index (κ3) is 4.95. The van der Waals surface area contributed by atoms with Gasteiger partial charge in [-0.1, -0.05) is 24.6 Å². The molecule has 4 nitrogen and oxygen atoms in total. The number of nitrogens with zero attached hydrogens (tertiary/aromatic N) is 2. The van der Waals surface area contributed by atoms with Crippen LogP contribution in [0.15, 0.2) is 29.6 Å². The fraction of sp³-hybridized carbons (Fsp3) is 0.474. The van der Waals surface area contributed by atoms with Crippen molar-refractivity contribution in [3.05, 3.63) is 45.4 Å². The highest BCUT2D eigenvalue weighted by Gasteiger charge is 2.35. The normalized spacial score (nSPS) is 15.0. The van der Waals surface area contributed by atoms with Crippen LogP contribution in [0.4, 0.5) is 0 Å². The van der Waals surface area contributed by atoms with Crippen molar-refractivity contribution in [1.29, 1.82) is 0 Å². The lowest BCUT2D eigenvalue weighted by Gasteiger charge is -2.28. The Bertz CT molecular complexity index is 730. The van der Waals surface area contributed by atoms with E-state index in [-0.39, 0.29) is 17.9 Å². The zero-order chi connectivity index (χ0) is 17.8. The second-order valence-electron chi connectivity index (χ2n) is 6.48. The van der Waals surface area contributed by atoms with Gasteiger partial charge in [-0.2, -0.15) is 0 Å². The molecule has 1 saturated carbocycles. The van der Waals surface area contributed by atoms with Crippen LogP contribution in [0.25, 0.3) is 0 Å². The predicted octanol–water partition coefficient (Wildman–Crippen LogP) is 4.91. The molecule has 1 aromatic heterocycles. The molecule has 0 saturated heterocycles. The molecule has 2 aromatic rings. The first-order valence-corrected chi connectivity index (χ1v) is 9.94. The molecule has 0 spiro atoms. The Kier molecular flexibility index (Phi) is 5.97. The highest BCUT2D eigenvalue weighted by Crippen LogP contribution is 2.32. The topological polar surface area (TPSA) is 42.4 Å². The lowest BCUT2D eigenvalue weighted by Crippen LogP contribution is -2.38. The average molecular weight is 379 g/mol. The summed E-state index contributed by atoms with van der Waals surface area (Å²) in [7, 11) is 0. The maximum Gasteiger partial charge on any atom is 0.226 e. The first-order chi connectivity index (χ1) is 12.1. The van der Waals surface area contributed by atoms with Gasteiger partial charge in [-0.05, 0) is 44.4 Å². The summed E-state index contributed by atoms with van der Waals surface area (Å²) in [6.07, 6.45) is 3.01. The fourth-order valence-corrected chi connectivity index (χ4v) is 3.48. The maximum atomic E-state index is 12.5. The molecule has 0 N–H and O–H groups in total. The van der Waals surface area contributed by atoms with E-state index in [2.05, 4.69) is 18.8 Å². The number of carbonyl (C=O) groups excluding carboxylic acids is 1. The lowest BCUT2D eigenvalue weighted by atomic mass is 10.2. The van der Waals surface area contributed by atoms with Gasteiger partial charge in [0.05, 0.1) is 12.2 Å². The van der Waals surface area contributed by atoms with Crippen molar-refractivity contribution < 1.29 is 9.53 Å². The Balaban J connectivity index is 1.60. The van der Waals surface area contributed by atoms with Crippen molar-refractivity contribution in [2.45, 2.75) is 52.3 Å². The molecular formula is C19H23ClN2O2S. The number of halogens is 1. The van der Waals surface area contributed by atoms with Gasteiger partial charge >= 0.3 is 0 Å². The number of rotatable bonds is 8. The summed E-state index contributed by atoms with van der Waals surface area (Å²) in [5, 5.41) is 3.57. The molecule has 1 aliphatic rings. The van der Waals surface area contributed by atoms with Crippen LogP contribution >= 0.6 is 22.9 Å². The van der Waals surface area contributed by atoms with Crippen LogP contribution in [0.1, 0.15) is 43.8 Å². The summed E-state index contributed by atoms with van der Waals surface area (Å²) in [5.74, 6) is 1.24. The van der Waals surface area contributed by atoms with Gasteiger partial charge in [0.15, 0.2) is 0 Å². The Hall–Kier alpha value is -1.59. The number of carbonyl (C=O) groups is 1. The highest BCUT2D eigenvalue weighted by molar-refractivity contribution is 7.09. The number of amides is 1. The van der Waals surface area contributed by atoms with Gasteiger partial charge in [-0.3, -0.25) is 4.79 Å². The molecule has 1 aliphatic carbocycles. The first-order valence-electron chi connectivity index (χ1n) is 8.69. The van der Waals surface area contributed by atoms with Gasteiger partial charge in [0, 0.05) is 22.4 Å². The molecule has 6 heteroatoms. The Labute approximate surface area is 157 Å². The van der Waals surface area contributed by atoms with Crippen molar-refractivity contribution >= 4 is 28.8 Å². The third-order valence-electron chi connectivity index (χ3n) is 4.42. The van der Waals surface area contributed by atoms with Crippen LogP contribution in [0.2, 0.25) is 5.02 Å². The molecule has 1 atom stereocenters. The van der Waals surface area contributed by atoms with E-state index in [1.165, 1.54) is 0 Å². The zero-order valence-corrected chi connectivity index (χ0v) is 16.1. The van der Waals surface area contributed by atoms with Gasteiger partial charge in [0.1, 0.15) is 17.4 Å². The Morgan fingerprint density at radius 1 is 1.48 bits per heavy atom. The van der Waals surface area contributed by atoms with Crippen molar-refractivity contribution in [2.75, 3.05) is 0 Å². The van der Waals surface area contributed by atoms with Crippen molar-refractivity contribution in [2.24, 2.45) is 5.92 Å². The van der Waals surface area contributed by atoms with E-state index in [9.17, 15) is 4.79 Å². The Morgan fingerprint density at radius 3 is 2.96 bits per heavy atom. The smallest absolute Gasteiger partial charge is 0.226 e. The van der Waals surface area contributed by atoms with E-state index in [4.69, 9.17) is 16.3 Å². The summed E-state index contributed by atoms with van der Waals surface area (Å²) in [6, 6.07) is 7.57. The second kappa shape index (κ2) is 8.19. The summed E-state index contributed by atoms with van der Waals surface area (Å²) in [4.78, 5) is 19.1. The second-order valence-corrected chi connectivity index (χ2v) is 7.86. The van der Waals surface area contributed by atoms with E-state index in [1.807, 2.05) is 28.5 Å². The van der Waals surface area contributed by atoms with Gasteiger partial charge in [0.2, 0.25) is 5.91 Å². The van der Waals surface area contributed by atoms with E-state index >= 15 is 0 Å². The molecular weight excluding hydrogens is 356 g/mol. The zero-order valence-electron chi connectivity index (χ0n) is 14.6. The van der Waals surface area contributed by atoms with Crippen molar-refractivity contribution in [3.63, 3.8) is 0 Å². The summed E-state index contributed by atoms with van der Waals surface area (Å²) in [6.45, 7) is 5.21. The van der Waals surface area contributed by atoms with Crippen LogP contribution in [0, 0.1) is 5.92 Å². The van der Waals surface area contributed by atoms with Crippen LogP contribution in [0.5, 0.6) is 5.75 Å². The molecule has 0 aliphatic heterocycles. The molecule has 0 radical (unpaired) electrons. The average Bonchev–Trinajstić information content (AvgIpc) is 3.37. The molecule has 3 rings (SSSR count). The number of hydrogen-bond donors (Lipinski definition) is 0. The summed E-state index contributed by atoms with van der Waals surface area (Å²) >= 11 is 7.52. The molecule has 134 valence electrons. The maximum absolute atomic E-state index is 12.5. The number of aromatic nitrogens is 1. The van der Waals surface area contributed by atoms with E-state index < -0.39 is 0 Å². The molecule has 0 unspecified atom stereocenters. The van der Waals surface area contributed by atoms with Crippen molar-refractivity contribution in [1.82, 2.24) is 9.88 Å². The largest absolute Gasteiger partial charge is 0.486 e. The van der Waals surface area contributed by atoms with Gasteiger partial charge < -0.3 is 9.64 Å². The number of ether oxygens (including phenoxy) is 1. The van der Waals surface area contributed by atoms with E-state index in [0.717, 1.165) is 35.7 Å². The molecule has 1 heterocycles. The Morgan fingerprint density at radius 2 is 2.28 bits per heavy atom. The van der Waals surface area contributed by atoms with Gasteiger partial charge in [0.25, 0.3) is 0 Å². The monoisotopic (exact) mass is 378 g/mol. The molecule has 25 heavy (non-hydrogen) atoms. The van der Waals surface area contributed by atoms with Gasteiger partial charge in [-0.15, -0.1) is 11.3 Å². The number of benzene rings is 1. The fourth-order valence-electron chi connectivity index (χ4n) is 2.60. The van der Waals surface area contributed by atoms with Crippen LogP contribution in [-0.2, 0) is 17.9 Å². The van der Waals surface area contributed by atoms with E-state index in [1.54, 1.807) is 17.4 Å². The first kappa shape index (κ1) is 18.2. The SMILES string of the molecule is CC[C@H](C)N(Cc1csc(COc2cccc(Cl)c2)n1)C(=O)C1CC1. The lowest BCUT2D eigenvalue weighted by molar-refractivity contribution is -0.135. The number of thiazole rings is 1.